The summed E-state index contributed by atoms with van der Waals surface area (Å²) in [6.45, 7) is 5.98. The Morgan fingerprint density at radius 2 is 2.06 bits per heavy atom. The maximum Gasteiger partial charge on any atom is 0.255 e. The van der Waals surface area contributed by atoms with Gasteiger partial charge in [0.15, 0.2) is 0 Å². The minimum absolute atomic E-state index is 0.0870. The van der Waals surface area contributed by atoms with E-state index in [9.17, 15) is 4.79 Å². The van der Waals surface area contributed by atoms with Crippen LogP contribution in [-0.2, 0) is 0 Å². The molecule has 2 unspecified atom stereocenters. The number of carbonyl (C=O) groups is 1. The zero-order valence-electron chi connectivity index (χ0n) is 9.89. The van der Waals surface area contributed by atoms with Crippen LogP contribution in [0.15, 0.2) is 22.9 Å². The lowest BCUT2D eigenvalue weighted by Crippen LogP contribution is -2.44. The number of amides is 1. The molecule has 0 radical (unpaired) electrons. The molecule has 5 heteroatoms. The average Bonchev–Trinajstić information content (AvgIpc) is 2.28. The van der Waals surface area contributed by atoms with Gasteiger partial charge in [0, 0.05) is 29.8 Å². The van der Waals surface area contributed by atoms with Gasteiger partial charge in [0.2, 0.25) is 0 Å². The highest BCUT2D eigenvalue weighted by atomic mass is 79.9. The molecular formula is C12H15BrN2OS. The highest BCUT2D eigenvalue weighted by Crippen LogP contribution is 2.25. The van der Waals surface area contributed by atoms with Gasteiger partial charge in [0.1, 0.15) is 4.60 Å². The summed E-state index contributed by atoms with van der Waals surface area (Å²) < 4.78 is 0.755. The Balaban J connectivity index is 2.11. The predicted molar refractivity (Wildman–Crippen MR) is 74.4 cm³/mol. The van der Waals surface area contributed by atoms with E-state index >= 15 is 0 Å². The van der Waals surface area contributed by atoms with E-state index in [1.54, 1.807) is 12.3 Å². The molecule has 17 heavy (non-hydrogen) atoms. The molecule has 0 aliphatic carbocycles. The Kier molecular flexibility index (Phi) is 4.09. The molecule has 0 bridgehead atoms. The number of nitrogens with zero attached hydrogens (tertiary/aromatic N) is 2. The van der Waals surface area contributed by atoms with E-state index in [2.05, 4.69) is 34.8 Å². The van der Waals surface area contributed by atoms with Gasteiger partial charge in [-0.15, -0.1) is 0 Å². The third kappa shape index (κ3) is 3.22. The third-order valence-corrected chi connectivity index (χ3v) is 4.38. The normalized spacial score (nSPS) is 24.8. The van der Waals surface area contributed by atoms with E-state index in [0.717, 1.165) is 17.7 Å². The minimum Gasteiger partial charge on any atom is -0.336 e. The van der Waals surface area contributed by atoms with Crippen molar-refractivity contribution in [2.45, 2.75) is 24.3 Å². The molecule has 0 spiro atoms. The molecule has 92 valence electrons. The molecule has 2 atom stereocenters. The van der Waals surface area contributed by atoms with Gasteiger partial charge in [-0.05, 0) is 28.1 Å². The fraction of sp³-hybridized carbons (Fsp3) is 0.500. The molecule has 0 aromatic carbocycles. The Hall–Kier alpha value is -0.550. The van der Waals surface area contributed by atoms with Gasteiger partial charge in [0.05, 0.1) is 5.56 Å². The Labute approximate surface area is 114 Å². The molecule has 1 fully saturated rings. The Morgan fingerprint density at radius 3 is 2.59 bits per heavy atom. The SMILES string of the molecule is CC1CN(C(=O)c2ccc(Br)nc2)CC(C)S1. The van der Waals surface area contributed by atoms with Crippen LogP contribution in [0.5, 0.6) is 0 Å². The monoisotopic (exact) mass is 314 g/mol. The summed E-state index contributed by atoms with van der Waals surface area (Å²) in [7, 11) is 0. The summed E-state index contributed by atoms with van der Waals surface area (Å²) in [5, 5.41) is 1.01. The molecule has 3 nitrogen and oxygen atoms in total. The fourth-order valence-electron chi connectivity index (χ4n) is 2.03. The van der Waals surface area contributed by atoms with Gasteiger partial charge in [-0.3, -0.25) is 4.79 Å². The first-order valence-electron chi connectivity index (χ1n) is 5.62. The number of pyridine rings is 1. The second kappa shape index (κ2) is 5.40. The van der Waals surface area contributed by atoms with Crippen LogP contribution in [0.25, 0.3) is 0 Å². The Morgan fingerprint density at radius 1 is 1.41 bits per heavy atom. The number of rotatable bonds is 1. The molecule has 1 amide bonds. The second-order valence-electron chi connectivity index (χ2n) is 4.34. The summed E-state index contributed by atoms with van der Waals surface area (Å²) in [4.78, 5) is 18.3. The van der Waals surface area contributed by atoms with Crippen molar-refractivity contribution in [3.63, 3.8) is 0 Å². The zero-order chi connectivity index (χ0) is 12.4. The quantitative estimate of drug-likeness (QED) is 0.747. The van der Waals surface area contributed by atoms with Crippen LogP contribution in [0.2, 0.25) is 0 Å². The van der Waals surface area contributed by atoms with Crippen molar-refractivity contribution >= 4 is 33.6 Å². The summed E-state index contributed by atoms with van der Waals surface area (Å²) in [6, 6.07) is 3.62. The molecule has 0 N–H and O–H groups in total. The summed E-state index contributed by atoms with van der Waals surface area (Å²) in [5.41, 5.74) is 0.666. The molecule has 2 heterocycles. The molecule has 2 rings (SSSR count). The van der Waals surface area contributed by atoms with Crippen LogP contribution in [0.4, 0.5) is 0 Å². The van der Waals surface area contributed by atoms with E-state index in [4.69, 9.17) is 0 Å². The smallest absolute Gasteiger partial charge is 0.255 e. The summed E-state index contributed by atoms with van der Waals surface area (Å²) >= 11 is 5.21. The zero-order valence-corrected chi connectivity index (χ0v) is 12.3. The van der Waals surface area contributed by atoms with E-state index in [-0.39, 0.29) is 5.91 Å². The number of carbonyl (C=O) groups excluding carboxylic acids is 1. The van der Waals surface area contributed by atoms with Crippen molar-refractivity contribution in [1.29, 1.82) is 0 Å². The topological polar surface area (TPSA) is 33.2 Å². The van der Waals surface area contributed by atoms with Gasteiger partial charge in [-0.25, -0.2) is 4.98 Å². The molecular weight excluding hydrogens is 300 g/mol. The minimum atomic E-state index is 0.0870. The lowest BCUT2D eigenvalue weighted by molar-refractivity contribution is 0.0753. The number of halogens is 1. The van der Waals surface area contributed by atoms with Crippen LogP contribution in [0.1, 0.15) is 24.2 Å². The van der Waals surface area contributed by atoms with Crippen LogP contribution in [0.3, 0.4) is 0 Å². The highest BCUT2D eigenvalue weighted by molar-refractivity contribution is 9.10. The fourth-order valence-corrected chi connectivity index (χ4v) is 3.59. The maximum absolute atomic E-state index is 12.3. The predicted octanol–water partition coefficient (Wildman–Crippen LogP) is 2.81. The van der Waals surface area contributed by atoms with Gasteiger partial charge in [-0.1, -0.05) is 13.8 Å². The number of aromatic nitrogens is 1. The van der Waals surface area contributed by atoms with Crippen molar-refractivity contribution in [3.05, 3.63) is 28.5 Å². The molecule has 1 aromatic heterocycles. The molecule has 1 aliphatic rings. The van der Waals surface area contributed by atoms with Crippen LogP contribution in [0, 0.1) is 0 Å². The van der Waals surface area contributed by atoms with Crippen LogP contribution in [-0.4, -0.2) is 39.4 Å². The second-order valence-corrected chi connectivity index (χ2v) is 7.03. The molecule has 0 saturated carbocycles. The van der Waals surface area contributed by atoms with Gasteiger partial charge in [0.25, 0.3) is 5.91 Å². The molecule has 1 aliphatic heterocycles. The van der Waals surface area contributed by atoms with Gasteiger partial charge >= 0.3 is 0 Å². The van der Waals surface area contributed by atoms with Crippen LogP contribution >= 0.6 is 27.7 Å². The largest absolute Gasteiger partial charge is 0.336 e. The number of hydrogen-bond donors (Lipinski definition) is 0. The lowest BCUT2D eigenvalue weighted by Gasteiger charge is -2.34. The summed E-state index contributed by atoms with van der Waals surface area (Å²) in [6.07, 6.45) is 1.63. The van der Waals surface area contributed by atoms with E-state index < -0.39 is 0 Å². The number of hydrogen-bond acceptors (Lipinski definition) is 3. The van der Waals surface area contributed by atoms with Crippen molar-refractivity contribution < 1.29 is 4.79 Å². The van der Waals surface area contributed by atoms with Crippen molar-refractivity contribution in [2.24, 2.45) is 0 Å². The average molecular weight is 315 g/mol. The van der Waals surface area contributed by atoms with Gasteiger partial charge in [-0.2, -0.15) is 11.8 Å². The van der Waals surface area contributed by atoms with Crippen molar-refractivity contribution in [2.75, 3.05) is 13.1 Å². The first-order chi connectivity index (χ1) is 8.06. The lowest BCUT2D eigenvalue weighted by atomic mass is 10.2. The van der Waals surface area contributed by atoms with Crippen molar-refractivity contribution in [1.82, 2.24) is 9.88 Å². The molecule has 1 aromatic rings. The standard InChI is InChI=1S/C12H15BrN2OS/c1-8-6-15(7-9(2)17-8)12(16)10-3-4-11(13)14-5-10/h3-5,8-9H,6-7H2,1-2H3. The highest BCUT2D eigenvalue weighted by Gasteiger charge is 2.26. The maximum atomic E-state index is 12.3. The van der Waals surface area contributed by atoms with Crippen molar-refractivity contribution in [3.8, 4) is 0 Å². The van der Waals surface area contributed by atoms with Gasteiger partial charge < -0.3 is 4.90 Å². The van der Waals surface area contributed by atoms with Crippen LogP contribution < -0.4 is 0 Å². The first-order valence-corrected chi connectivity index (χ1v) is 7.36. The number of thioether (sulfide) groups is 1. The Bertz CT molecular complexity index is 399. The third-order valence-electron chi connectivity index (χ3n) is 2.68. The summed E-state index contributed by atoms with van der Waals surface area (Å²) in [5.74, 6) is 0.0870. The van der Waals surface area contributed by atoms with E-state index in [0.29, 0.717) is 16.1 Å². The molecule has 1 saturated heterocycles. The first kappa shape index (κ1) is 12.9. The van der Waals surface area contributed by atoms with E-state index in [1.165, 1.54) is 0 Å². The van der Waals surface area contributed by atoms with E-state index in [1.807, 2.05) is 22.7 Å².